The molecule has 0 radical (unpaired) electrons. The molecule has 54 heavy (non-hydrogen) atoms. The Balaban J connectivity index is 0.000000219. The number of nitrogens with zero attached hydrogens (tertiary/aromatic N) is 2. The molecular formula is C48H51BN2O2Si. The minimum absolute atomic E-state index is 0.309. The molecule has 0 fully saturated rings. The maximum atomic E-state index is 5.97. The van der Waals surface area contributed by atoms with Gasteiger partial charge in [0.2, 0.25) is 6.71 Å². The first kappa shape index (κ1) is 38.1. The Hall–Kier alpha value is -5.59. The van der Waals surface area contributed by atoms with Gasteiger partial charge in [0.15, 0.2) is 0 Å². The maximum Gasteiger partial charge on any atom is 0.241 e. The summed E-state index contributed by atoms with van der Waals surface area (Å²) in [6, 6.07) is 60.2. The molecule has 0 N–H and O–H groups in total. The molecular weight excluding hydrogens is 675 g/mol. The minimum atomic E-state index is -0.892. The fourth-order valence-corrected chi connectivity index (χ4v) is 9.32. The molecule has 4 nitrogen and oxygen atoms in total. The standard InChI is InChI=1S/C30H36N2O2Si.C18H15B/c1-3-5-22-33-27-16-12-25(13-17-27)30(32-21-20-31-24-32,35-29-10-8-7-9-11-29)26-14-18-28(19-15-26)34-23-6-4-2;1-4-10-16(11-5-1)19(17-12-6-2-7-13-17)18-14-8-3-9-15-18/h7-21,24H,3-6,22-23,35H2,1-2H3;1-15H. The molecule has 0 spiro atoms. The van der Waals surface area contributed by atoms with Crippen LogP contribution in [0.15, 0.2) is 189 Å². The van der Waals surface area contributed by atoms with Gasteiger partial charge in [-0.15, -0.1) is 0 Å². The highest BCUT2D eigenvalue weighted by atomic mass is 28.2. The van der Waals surface area contributed by atoms with Crippen LogP contribution in [-0.4, -0.2) is 39.0 Å². The van der Waals surface area contributed by atoms with Crippen molar-refractivity contribution in [3.05, 3.63) is 200 Å². The second kappa shape index (κ2) is 20.0. The van der Waals surface area contributed by atoms with Crippen LogP contribution in [0, 0.1) is 0 Å². The van der Waals surface area contributed by atoms with Crippen LogP contribution in [0.5, 0.6) is 11.5 Å². The third-order valence-corrected chi connectivity index (χ3v) is 12.4. The lowest BCUT2D eigenvalue weighted by molar-refractivity contribution is 0.309. The van der Waals surface area contributed by atoms with E-state index in [1.807, 2.05) is 12.5 Å². The Labute approximate surface area is 324 Å². The van der Waals surface area contributed by atoms with E-state index in [4.69, 9.17) is 9.47 Å². The average molecular weight is 727 g/mol. The van der Waals surface area contributed by atoms with Crippen LogP contribution in [0.2, 0.25) is 0 Å². The van der Waals surface area contributed by atoms with Crippen LogP contribution < -0.4 is 31.0 Å². The quantitative estimate of drug-likeness (QED) is 0.0758. The summed E-state index contributed by atoms with van der Waals surface area (Å²) in [5, 5.41) is 1.06. The molecule has 1 heterocycles. The highest BCUT2D eigenvalue weighted by molar-refractivity contribution is 6.95. The van der Waals surface area contributed by atoms with E-state index in [1.54, 1.807) is 0 Å². The van der Waals surface area contributed by atoms with E-state index < -0.39 is 9.52 Å². The number of unbranched alkanes of at least 4 members (excludes halogenated alkanes) is 2. The van der Waals surface area contributed by atoms with Gasteiger partial charge in [-0.25, -0.2) is 4.98 Å². The Morgan fingerprint density at radius 2 is 0.944 bits per heavy atom. The zero-order valence-electron chi connectivity index (χ0n) is 31.6. The van der Waals surface area contributed by atoms with Gasteiger partial charge < -0.3 is 14.0 Å². The molecule has 1 aromatic heterocycles. The molecule has 6 heteroatoms. The predicted molar refractivity (Wildman–Crippen MR) is 231 cm³/mol. The third-order valence-electron chi connectivity index (χ3n) is 9.84. The number of hydrogen-bond donors (Lipinski definition) is 0. The molecule has 0 atom stereocenters. The molecule has 6 aromatic carbocycles. The number of ether oxygens (including phenoxy) is 2. The second-order valence-corrected chi connectivity index (χ2v) is 15.8. The molecule has 0 unspecified atom stereocenters. The fourth-order valence-electron chi connectivity index (χ4n) is 6.97. The zero-order chi connectivity index (χ0) is 37.3. The van der Waals surface area contributed by atoms with E-state index in [-0.39, 0.29) is 5.16 Å². The first-order valence-corrected chi connectivity index (χ1v) is 20.8. The van der Waals surface area contributed by atoms with Crippen molar-refractivity contribution in [2.45, 2.75) is 44.7 Å². The molecule has 7 rings (SSSR count). The van der Waals surface area contributed by atoms with Crippen LogP contribution in [-0.2, 0) is 5.16 Å². The fraction of sp³-hybridized carbons (Fsp3) is 0.188. The smallest absolute Gasteiger partial charge is 0.241 e. The lowest BCUT2D eigenvalue weighted by Crippen LogP contribution is -2.51. The maximum absolute atomic E-state index is 5.97. The van der Waals surface area contributed by atoms with Gasteiger partial charge >= 0.3 is 0 Å². The lowest BCUT2D eigenvalue weighted by Gasteiger charge is -2.37. The molecule has 0 amide bonds. The van der Waals surface area contributed by atoms with Gasteiger partial charge in [0, 0.05) is 12.4 Å². The lowest BCUT2D eigenvalue weighted by atomic mass is 9.37. The molecule has 0 saturated heterocycles. The molecule has 7 aromatic rings. The van der Waals surface area contributed by atoms with Crippen LogP contribution in [0.4, 0.5) is 0 Å². The first-order valence-electron chi connectivity index (χ1n) is 19.3. The largest absolute Gasteiger partial charge is 0.494 e. The van der Waals surface area contributed by atoms with Crippen molar-refractivity contribution < 1.29 is 9.47 Å². The van der Waals surface area contributed by atoms with E-state index in [1.165, 1.54) is 32.7 Å². The Bertz CT molecular complexity index is 1900. The predicted octanol–water partition coefficient (Wildman–Crippen LogP) is 7.69. The van der Waals surface area contributed by atoms with E-state index in [2.05, 4.69) is 199 Å². The van der Waals surface area contributed by atoms with Gasteiger partial charge in [0.25, 0.3) is 0 Å². The van der Waals surface area contributed by atoms with Crippen LogP contribution in [0.3, 0.4) is 0 Å². The number of rotatable bonds is 16. The number of benzene rings is 6. The molecule has 0 aliphatic heterocycles. The van der Waals surface area contributed by atoms with Crippen molar-refractivity contribution in [1.29, 1.82) is 0 Å². The van der Waals surface area contributed by atoms with Gasteiger partial charge in [-0.2, -0.15) is 0 Å². The second-order valence-electron chi connectivity index (χ2n) is 13.6. The summed E-state index contributed by atoms with van der Waals surface area (Å²) in [6.45, 7) is 6.17. The monoisotopic (exact) mass is 726 g/mol. The summed E-state index contributed by atoms with van der Waals surface area (Å²) in [5.74, 6) is 1.84. The summed E-state index contributed by atoms with van der Waals surface area (Å²) in [7, 11) is -0.892. The minimum Gasteiger partial charge on any atom is -0.494 e. The third kappa shape index (κ3) is 9.88. The van der Waals surface area contributed by atoms with E-state index in [0.717, 1.165) is 50.4 Å². The van der Waals surface area contributed by atoms with Gasteiger partial charge in [0.1, 0.15) is 11.5 Å². The number of imidazole rings is 1. The normalized spacial score (nSPS) is 11.1. The Kier molecular flexibility index (Phi) is 14.1. The molecule has 0 aliphatic rings. The van der Waals surface area contributed by atoms with E-state index in [9.17, 15) is 0 Å². The van der Waals surface area contributed by atoms with E-state index >= 15 is 0 Å². The Morgan fingerprint density at radius 1 is 0.537 bits per heavy atom. The van der Waals surface area contributed by atoms with Crippen molar-refractivity contribution in [3.63, 3.8) is 0 Å². The van der Waals surface area contributed by atoms with Crippen molar-refractivity contribution in [2.75, 3.05) is 13.2 Å². The number of aromatic nitrogens is 2. The molecule has 0 bridgehead atoms. The summed E-state index contributed by atoms with van der Waals surface area (Å²) in [4.78, 5) is 4.45. The van der Waals surface area contributed by atoms with Crippen molar-refractivity contribution in [2.24, 2.45) is 0 Å². The highest BCUT2D eigenvalue weighted by Crippen LogP contribution is 2.35. The first-order chi connectivity index (χ1) is 26.7. The van der Waals surface area contributed by atoms with Gasteiger partial charge in [-0.05, 0) is 48.2 Å². The molecule has 0 saturated carbocycles. The zero-order valence-corrected chi connectivity index (χ0v) is 33.1. The topological polar surface area (TPSA) is 36.3 Å². The van der Waals surface area contributed by atoms with Crippen molar-refractivity contribution in [1.82, 2.24) is 9.55 Å². The van der Waals surface area contributed by atoms with Gasteiger partial charge in [0.05, 0.1) is 34.2 Å². The average Bonchev–Trinajstić information content (AvgIpc) is 3.79. The van der Waals surface area contributed by atoms with Crippen LogP contribution >= 0.6 is 0 Å². The molecule has 272 valence electrons. The number of hydrogen-bond acceptors (Lipinski definition) is 3. The molecule has 0 aliphatic carbocycles. The highest BCUT2D eigenvalue weighted by Gasteiger charge is 2.37. The summed E-state index contributed by atoms with van der Waals surface area (Å²) in [6.07, 6.45) is 10.3. The summed E-state index contributed by atoms with van der Waals surface area (Å²) in [5.41, 5.74) is 6.49. The van der Waals surface area contributed by atoms with E-state index in [0.29, 0.717) is 6.71 Å². The Morgan fingerprint density at radius 3 is 1.31 bits per heavy atom. The summed E-state index contributed by atoms with van der Waals surface area (Å²) < 4.78 is 14.2. The van der Waals surface area contributed by atoms with Gasteiger partial charge in [-0.1, -0.05) is 194 Å². The van der Waals surface area contributed by atoms with Gasteiger partial charge in [-0.3, -0.25) is 0 Å². The van der Waals surface area contributed by atoms with Crippen molar-refractivity contribution in [3.8, 4) is 11.5 Å². The SMILES string of the molecule is CCCCOc1ccc(C([SiH2]c2ccccc2)(c2ccc(OCCCC)cc2)n2ccnc2)cc1.c1ccc(B(c2ccccc2)c2ccccc2)cc1. The van der Waals surface area contributed by atoms with Crippen LogP contribution in [0.25, 0.3) is 0 Å². The summed E-state index contributed by atoms with van der Waals surface area (Å²) >= 11 is 0. The van der Waals surface area contributed by atoms with Crippen LogP contribution in [0.1, 0.15) is 50.7 Å². The van der Waals surface area contributed by atoms with Crippen molar-refractivity contribution >= 4 is 37.8 Å².